The Morgan fingerprint density at radius 1 is 1.37 bits per heavy atom. The summed E-state index contributed by atoms with van der Waals surface area (Å²) in [6, 6.07) is 4.63. The molecule has 1 aromatic carbocycles. The summed E-state index contributed by atoms with van der Waals surface area (Å²) in [5.74, 6) is 0. The van der Waals surface area contributed by atoms with Crippen molar-refractivity contribution in [3.63, 3.8) is 0 Å². The van der Waals surface area contributed by atoms with Gasteiger partial charge in [-0.05, 0) is 43.9 Å². The summed E-state index contributed by atoms with van der Waals surface area (Å²) in [6.07, 6.45) is 3.61. The summed E-state index contributed by atoms with van der Waals surface area (Å²) in [5.41, 5.74) is 4.03. The Labute approximate surface area is 118 Å². The van der Waals surface area contributed by atoms with Crippen molar-refractivity contribution < 1.29 is 0 Å². The lowest BCUT2D eigenvalue weighted by molar-refractivity contribution is 0.709. The summed E-state index contributed by atoms with van der Waals surface area (Å²) in [5, 5.41) is 4.45. The van der Waals surface area contributed by atoms with Gasteiger partial charge in [-0.1, -0.05) is 18.3 Å². The first kappa shape index (κ1) is 12.7. The Morgan fingerprint density at radius 2 is 2.26 bits per heavy atom. The number of anilines is 2. The van der Waals surface area contributed by atoms with Crippen LogP contribution in [-0.4, -0.2) is 24.6 Å². The standard InChI is InChI=1S/C15H21N3S/c1-3-7-16-15-17-12-10-13-11(9-14(12)19-15)6-5-8-18(13)4-2/h9-10H,3-8H2,1-2H3,(H,16,17). The number of hydrogen-bond donors (Lipinski definition) is 1. The van der Waals surface area contributed by atoms with E-state index in [0.717, 1.165) is 30.2 Å². The van der Waals surface area contributed by atoms with Crippen molar-refractivity contribution in [3.05, 3.63) is 17.7 Å². The molecule has 0 aliphatic carbocycles. The third-order valence-electron chi connectivity index (χ3n) is 3.71. The molecular formula is C15H21N3S. The third kappa shape index (κ3) is 2.41. The lowest BCUT2D eigenvalue weighted by Gasteiger charge is -2.30. The van der Waals surface area contributed by atoms with Crippen LogP contribution in [0.5, 0.6) is 0 Å². The van der Waals surface area contributed by atoms with Crippen molar-refractivity contribution in [2.45, 2.75) is 33.1 Å². The average Bonchev–Trinajstić information content (AvgIpc) is 2.83. The second kappa shape index (κ2) is 5.37. The Morgan fingerprint density at radius 3 is 3.05 bits per heavy atom. The van der Waals surface area contributed by atoms with Gasteiger partial charge < -0.3 is 10.2 Å². The molecule has 1 aromatic heterocycles. The molecule has 0 spiro atoms. The van der Waals surface area contributed by atoms with E-state index >= 15 is 0 Å². The van der Waals surface area contributed by atoms with E-state index in [-0.39, 0.29) is 0 Å². The van der Waals surface area contributed by atoms with Gasteiger partial charge in [-0.15, -0.1) is 0 Å². The third-order valence-corrected chi connectivity index (χ3v) is 4.69. The smallest absolute Gasteiger partial charge is 0.183 e. The number of nitrogens with zero attached hydrogens (tertiary/aromatic N) is 2. The predicted molar refractivity (Wildman–Crippen MR) is 84.6 cm³/mol. The van der Waals surface area contributed by atoms with Crippen molar-refractivity contribution >= 4 is 32.4 Å². The van der Waals surface area contributed by atoms with Gasteiger partial charge in [0.1, 0.15) is 0 Å². The lowest BCUT2D eigenvalue weighted by atomic mass is 10.0. The molecule has 2 aromatic rings. The zero-order valence-corrected chi connectivity index (χ0v) is 12.5. The van der Waals surface area contributed by atoms with E-state index in [1.807, 2.05) is 0 Å². The van der Waals surface area contributed by atoms with E-state index in [2.05, 4.69) is 36.2 Å². The zero-order valence-electron chi connectivity index (χ0n) is 11.7. The molecule has 0 saturated heterocycles. The van der Waals surface area contributed by atoms with Gasteiger partial charge in [0.05, 0.1) is 10.2 Å². The van der Waals surface area contributed by atoms with Crippen LogP contribution in [0, 0.1) is 0 Å². The van der Waals surface area contributed by atoms with E-state index in [9.17, 15) is 0 Å². The van der Waals surface area contributed by atoms with Crippen LogP contribution in [0.3, 0.4) is 0 Å². The minimum Gasteiger partial charge on any atom is -0.372 e. The molecular weight excluding hydrogens is 254 g/mol. The molecule has 0 atom stereocenters. The van der Waals surface area contributed by atoms with Crippen LogP contribution >= 0.6 is 11.3 Å². The van der Waals surface area contributed by atoms with Crippen molar-refractivity contribution in [2.75, 3.05) is 29.9 Å². The first-order chi connectivity index (χ1) is 9.31. The molecule has 1 N–H and O–H groups in total. The fraction of sp³-hybridized carbons (Fsp3) is 0.533. The van der Waals surface area contributed by atoms with Crippen molar-refractivity contribution in [2.24, 2.45) is 0 Å². The summed E-state index contributed by atoms with van der Waals surface area (Å²) in [4.78, 5) is 7.18. The van der Waals surface area contributed by atoms with Crippen molar-refractivity contribution in [1.82, 2.24) is 4.98 Å². The Bertz CT molecular complexity index is 576. The van der Waals surface area contributed by atoms with Gasteiger partial charge in [-0.25, -0.2) is 4.98 Å². The summed E-state index contributed by atoms with van der Waals surface area (Å²) in [7, 11) is 0. The topological polar surface area (TPSA) is 28.2 Å². The minimum absolute atomic E-state index is 1.00. The van der Waals surface area contributed by atoms with Crippen LogP contribution in [-0.2, 0) is 6.42 Å². The van der Waals surface area contributed by atoms with Crippen LogP contribution in [0.2, 0.25) is 0 Å². The molecule has 0 unspecified atom stereocenters. The van der Waals surface area contributed by atoms with E-state index in [4.69, 9.17) is 4.98 Å². The van der Waals surface area contributed by atoms with Crippen LogP contribution in [0.15, 0.2) is 12.1 Å². The quantitative estimate of drug-likeness (QED) is 0.917. The SMILES string of the molecule is CCCNc1nc2cc3c(cc2s1)CCCN3CC. The molecule has 1 aliphatic rings. The number of thiazole rings is 1. The molecule has 1 aliphatic heterocycles. The number of rotatable bonds is 4. The second-order valence-corrected chi connectivity index (χ2v) is 6.11. The van der Waals surface area contributed by atoms with E-state index < -0.39 is 0 Å². The zero-order chi connectivity index (χ0) is 13.2. The average molecular weight is 275 g/mol. The number of nitrogens with one attached hydrogen (secondary N) is 1. The van der Waals surface area contributed by atoms with Crippen LogP contribution < -0.4 is 10.2 Å². The Balaban J connectivity index is 1.99. The molecule has 4 heteroatoms. The van der Waals surface area contributed by atoms with Gasteiger partial charge in [0, 0.05) is 25.3 Å². The van der Waals surface area contributed by atoms with Crippen LogP contribution in [0.25, 0.3) is 10.2 Å². The summed E-state index contributed by atoms with van der Waals surface area (Å²) < 4.78 is 1.32. The van der Waals surface area contributed by atoms with E-state index in [0.29, 0.717) is 0 Å². The molecule has 3 rings (SSSR count). The number of benzene rings is 1. The van der Waals surface area contributed by atoms with Gasteiger partial charge in [0.15, 0.2) is 5.13 Å². The first-order valence-corrected chi connectivity index (χ1v) is 8.05. The molecule has 19 heavy (non-hydrogen) atoms. The van der Waals surface area contributed by atoms with Gasteiger partial charge in [-0.2, -0.15) is 0 Å². The van der Waals surface area contributed by atoms with Gasteiger partial charge in [-0.3, -0.25) is 0 Å². The molecule has 0 amide bonds. The van der Waals surface area contributed by atoms with Gasteiger partial charge in [0.25, 0.3) is 0 Å². The Kier molecular flexibility index (Phi) is 3.60. The van der Waals surface area contributed by atoms with E-state index in [1.54, 1.807) is 11.3 Å². The largest absolute Gasteiger partial charge is 0.372 e. The predicted octanol–water partition coefficient (Wildman–Crippen LogP) is 3.89. The molecule has 2 heterocycles. The number of fused-ring (bicyclic) bond motifs is 2. The number of aromatic nitrogens is 1. The fourth-order valence-corrected chi connectivity index (χ4v) is 3.65. The maximum Gasteiger partial charge on any atom is 0.183 e. The summed E-state index contributed by atoms with van der Waals surface area (Å²) in [6.45, 7) is 7.68. The monoisotopic (exact) mass is 275 g/mol. The number of aryl methyl sites for hydroxylation is 1. The molecule has 0 saturated carbocycles. The van der Waals surface area contributed by atoms with Crippen molar-refractivity contribution in [1.29, 1.82) is 0 Å². The minimum atomic E-state index is 1.00. The highest BCUT2D eigenvalue weighted by atomic mass is 32.1. The van der Waals surface area contributed by atoms with Crippen molar-refractivity contribution in [3.8, 4) is 0 Å². The molecule has 102 valence electrons. The summed E-state index contributed by atoms with van der Waals surface area (Å²) >= 11 is 1.78. The molecule has 3 nitrogen and oxygen atoms in total. The normalized spacial score (nSPS) is 14.7. The molecule has 0 fully saturated rings. The highest BCUT2D eigenvalue weighted by molar-refractivity contribution is 7.22. The number of hydrogen-bond acceptors (Lipinski definition) is 4. The van der Waals surface area contributed by atoms with Crippen LogP contribution in [0.4, 0.5) is 10.8 Å². The second-order valence-electron chi connectivity index (χ2n) is 5.08. The van der Waals surface area contributed by atoms with Crippen LogP contribution in [0.1, 0.15) is 32.3 Å². The first-order valence-electron chi connectivity index (χ1n) is 7.24. The Hall–Kier alpha value is -1.29. The van der Waals surface area contributed by atoms with Gasteiger partial charge >= 0.3 is 0 Å². The molecule has 0 radical (unpaired) electrons. The molecule has 0 bridgehead atoms. The fourth-order valence-electron chi connectivity index (χ4n) is 2.72. The van der Waals surface area contributed by atoms with Gasteiger partial charge in [0.2, 0.25) is 0 Å². The highest BCUT2D eigenvalue weighted by Gasteiger charge is 2.17. The van der Waals surface area contributed by atoms with E-state index in [1.165, 1.54) is 35.3 Å². The maximum absolute atomic E-state index is 4.71. The highest BCUT2D eigenvalue weighted by Crippen LogP contribution is 2.35. The maximum atomic E-state index is 4.71. The lowest BCUT2D eigenvalue weighted by Crippen LogP contribution is -2.28.